The maximum absolute atomic E-state index is 11.1. The maximum atomic E-state index is 11.1. The highest BCUT2D eigenvalue weighted by atomic mass is 16.5. The molecular formula is C15H15N3O3. The Hall–Kier alpha value is -2.37. The molecule has 0 saturated heterocycles. The number of fused-ring (bicyclic) bond motifs is 1. The predicted octanol–water partition coefficient (Wildman–Crippen LogP) is 2.21. The van der Waals surface area contributed by atoms with Gasteiger partial charge in [-0.3, -0.25) is 0 Å². The number of carboxylic acid groups (broad SMARTS) is 1. The van der Waals surface area contributed by atoms with Gasteiger partial charge >= 0.3 is 5.97 Å². The van der Waals surface area contributed by atoms with Crippen LogP contribution >= 0.6 is 0 Å². The molecule has 1 saturated carbocycles. The van der Waals surface area contributed by atoms with Crippen molar-refractivity contribution in [1.29, 1.82) is 0 Å². The van der Waals surface area contributed by atoms with E-state index in [0.29, 0.717) is 23.9 Å². The molecule has 6 nitrogen and oxygen atoms in total. The molecule has 1 aliphatic carbocycles. The van der Waals surface area contributed by atoms with E-state index in [1.165, 1.54) is 5.56 Å². The second-order valence-corrected chi connectivity index (χ2v) is 5.64. The summed E-state index contributed by atoms with van der Waals surface area (Å²) in [6.45, 7) is 1.41. The summed E-state index contributed by atoms with van der Waals surface area (Å²) >= 11 is 0. The van der Waals surface area contributed by atoms with E-state index in [1.54, 1.807) is 12.1 Å². The third-order valence-electron chi connectivity index (χ3n) is 4.07. The fourth-order valence-electron chi connectivity index (χ4n) is 2.74. The first-order chi connectivity index (χ1) is 10.2. The van der Waals surface area contributed by atoms with Gasteiger partial charge in [-0.25, -0.2) is 4.79 Å². The van der Waals surface area contributed by atoms with Crippen molar-refractivity contribution in [2.24, 2.45) is 0 Å². The van der Waals surface area contributed by atoms with Crippen LogP contribution in [0.3, 0.4) is 0 Å². The van der Waals surface area contributed by atoms with E-state index in [9.17, 15) is 4.79 Å². The van der Waals surface area contributed by atoms with Crippen molar-refractivity contribution < 1.29 is 14.4 Å². The van der Waals surface area contributed by atoms with Crippen LogP contribution in [-0.2, 0) is 13.0 Å². The fourth-order valence-corrected chi connectivity index (χ4v) is 2.74. The number of anilines is 1. The van der Waals surface area contributed by atoms with Gasteiger partial charge in [0.05, 0.1) is 12.1 Å². The van der Waals surface area contributed by atoms with Crippen molar-refractivity contribution in [3.05, 3.63) is 41.0 Å². The summed E-state index contributed by atoms with van der Waals surface area (Å²) < 4.78 is 5.27. The second-order valence-electron chi connectivity index (χ2n) is 5.64. The third-order valence-corrected chi connectivity index (χ3v) is 4.07. The Morgan fingerprint density at radius 1 is 1.43 bits per heavy atom. The molecule has 2 heterocycles. The average Bonchev–Trinajstić information content (AvgIpc) is 3.10. The summed E-state index contributed by atoms with van der Waals surface area (Å²) in [6.07, 6.45) is 3.19. The summed E-state index contributed by atoms with van der Waals surface area (Å²) in [5.41, 5.74) is 2.45. The van der Waals surface area contributed by atoms with Crippen LogP contribution in [0.15, 0.2) is 22.7 Å². The quantitative estimate of drug-likeness (QED) is 0.927. The summed E-state index contributed by atoms with van der Waals surface area (Å²) in [6, 6.07) is 5.28. The van der Waals surface area contributed by atoms with Crippen LogP contribution < -0.4 is 4.90 Å². The predicted molar refractivity (Wildman–Crippen MR) is 74.4 cm³/mol. The lowest BCUT2D eigenvalue weighted by Crippen LogP contribution is -2.20. The number of carbonyl (C=O) groups is 1. The molecule has 2 aromatic rings. The molecule has 4 rings (SSSR count). The molecule has 1 fully saturated rings. The number of rotatable bonds is 4. The van der Waals surface area contributed by atoms with Gasteiger partial charge in [0.1, 0.15) is 0 Å². The molecule has 1 aromatic carbocycles. The average molecular weight is 285 g/mol. The Labute approximate surface area is 121 Å². The minimum Gasteiger partial charge on any atom is -0.478 e. The lowest BCUT2D eigenvalue weighted by atomic mass is 10.1. The molecule has 0 spiro atoms. The number of aromatic nitrogens is 2. The fraction of sp³-hybridized carbons (Fsp3) is 0.400. The number of benzene rings is 1. The summed E-state index contributed by atoms with van der Waals surface area (Å²) in [7, 11) is 0. The van der Waals surface area contributed by atoms with Gasteiger partial charge in [0.15, 0.2) is 5.82 Å². The Morgan fingerprint density at radius 3 is 3.05 bits per heavy atom. The van der Waals surface area contributed by atoms with Crippen LogP contribution in [0.25, 0.3) is 0 Å². The molecule has 0 radical (unpaired) electrons. The zero-order valence-electron chi connectivity index (χ0n) is 11.5. The molecule has 1 aliphatic heterocycles. The maximum Gasteiger partial charge on any atom is 0.335 e. The Bertz CT molecular complexity index is 706. The molecule has 0 bridgehead atoms. The van der Waals surface area contributed by atoms with Gasteiger partial charge in [-0.15, -0.1) is 0 Å². The van der Waals surface area contributed by atoms with E-state index in [2.05, 4.69) is 15.0 Å². The van der Waals surface area contributed by atoms with Gasteiger partial charge in [0, 0.05) is 18.2 Å². The van der Waals surface area contributed by atoms with E-state index in [0.717, 1.165) is 37.4 Å². The van der Waals surface area contributed by atoms with E-state index in [-0.39, 0.29) is 0 Å². The van der Waals surface area contributed by atoms with Crippen molar-refractivity contribution in [2.45, 2.75) is 31.7 Å². The Kier molecular flexibility index (Phi) is 2.70. The van der Waals surface area contributed by atoms with Crippen LogP contribution in [0.1, 0.15) is 46.4 Å². The zero-order chi connectivity index (χ0) is 14.4. The molecule has 6 heteroatoms. The highest BCUT2D eigenvalue weighted by Gasteiger charge is 2.30. The van der Waals surface area contributed by atoms with Crippen LogP contribution in [-0.4, -0.2) is 27.8 Å². The number of hydrogen-bond acceptors (Lipinski definition) is 5. The van der Waals surface area contributed by atoms with Crippen LogP contribution in [0.5, 0.6) is 0 Å². The van der Waals surface area contributed by atoms with Crippen LogP contribution in [0, 0.1) is 0 Å². The minimum absolute atomic E-state index is 0.312. The SMILES string of the molecule is O=C(O)c1ccc2c(c1)N(Cc1noc(C3CC3)n1)CC2. The Balaban J connectivity index is 1.57. The lowest BCUT2D eigenvalue weighted by Gasteiger charge is -2.17. The molecular weight excluding hydrogens is 270 g/mol. The number of hydrogen-bond donors (Lipinski definition) is 1. The monoisotopic (exact) mass is 285 g/mol. The van der Waals surface area contributed by atoms with Crippen LogP contribution in [0.4, 0.5) is 5.69 Å². The van der Waals surface area contributed by atoms with Gasteiger partial charge in [0.25, 0.3) is 0 Å². The van der Waals surface area contributed by atoms with E-state index < -0.39 is 5.97 Å². The van der Waals surface area contributed by atoms with Gasteiger partial charge in [-0.2, -0.15) is 4.98 Å². The van der Waals surface area contributed by atoms with E-state index >= 15 is 0 Å². The summed E-state index contributed by atoms with van der Waals surface area (Å²) in [5, 5.41) is 13.1. The van der Waals surface area contributed by atoms with Gasteiger partial charge in [0.2, 0.25) is 5.89 Å². The van der Waals surface area contributed by atoms with Gasteiger partial charge in [-0.1, -0.05) is 11.2 Å². The van der Waals surface area contributed by atoms with Crippen LogP contribution in [0.2, 0.25) is 0 Å². The van der Waals surface area contributed by atoms with Crippen molar-refractivity contribution in [3.63, 3.8) is 0 Å². The normalized spacial score (nSPS) is 17.0. The molecule has 2 aliphatic rings. The largest absolute Gasteiger partial charge is 0.478 e. The minimum atomic E-state index is -0.903. The zero-order valence-corrected chi connectivity index (χ0v) is 11.5. The van der Waals surface area contributed by atoms with E-state index in [1.807, 2.05) is 6.07 Å². The first-order valence-corrected chi connectivity index (χ1v) is 7.14. The van der Waals surface area contributed by atoms with Crippen molar-refractivity contribution in [2.75, 3.05) is 11.4 Å². The van der Waals surface area contributed by atoms with Crippen molar-refractivity contribution in [3.8, 4) is 0 Å². The lowest BCUT2D eigenvalue weighted by molar-refractivity contribution is 0.0697. The molecule has 1 aromatic heterocycles. The number of carboxylic acids is 1. The molecule has 0 amide bonds. The topological polar surface area (TPSA) is 79.5 Å². The number of nitrogens with zero attached hydrogens (tertiary/aromatic N) is 3. The highest BCUT2D eigenvalue weighted by molar-refractivity contribution is 5.89. The van der Waals surface area contributed by atoms with E-state index in [4.69, 9.17) is 9.63 Å². The number of aromatic carboxylic acids is 1. The first kappa shape index (κ1) is 12.4. The summed E-state index contributed by atoms with van der Waals surface area (Å²) in [5.74, 6) is 0.963. The standard InChI is InChI=1S/C15H15N3O3/c19-15(20)11-4-1-9-5-6-18(12(9)7-11)8-13-16-14(21-17-13)10-2-3-10/h1,4,7,10H,2-3,5-6,8H2,(H,19,20). The highest BCUT2D eigenvalue weighted by Crippen LogP contribution is 2.39. The van der Waals surface area contributed by atoms with Gasteiger partial charge in [-0.05, 0) is 37.0 Å². The molecule has 1 N–H and O–H groups in total. The molecule has 0 unspecified atom stereocenters. The molecule has 0 atom stereocenters. The second kappa shape index (κ2) is 4.58. The third kappa shape index (κ3) is 2.26. The molecule has 108 valence electrons. The van der Waals surface area contributed by atoms with Gasteiger partial charge < -0.3 is 14.5 Å². The Morgan fingerprint density at radius 2 is 2.29 bits per heavy atom. The summed E-state index contributed by atoms with van der Waals surface area (Å²) in [4.78, 5) is 17.6. The van der Waals surface area contributed by atoms with Crippen molar-refractivity contribution >= 4 is 11.7 Å². The first-order valence-electron chi connectivity index (χ1n) is 7.14. The smallest absolute Gasteiger partial charge is 0.335 e. The molecule has 21 heavy (non-hydrogen) atoms. The van der Waals surface area contributed by atoms with Crippen molar-refractivity contribution in [1.82, 2.24) is 10.1 Å².